The first kappa shape index (κ1) is 12.4. The quantitative estimate of drug-likeness (QED) is 0.775. The second kappa shape index (κ2) is 5.05. The first-order valence-electron chi connectivity index (χ1n) is 7.12. The fourth-order valence-corrected chi connectivity index (χ4v) is 3.78. The Balaban J connectivity index is 2.01. The normalized spacial score (nSPS) is 46.1. The Labute approximate surface area is 101 Å². The largest absolute Gasteiger partial charge is 0.311 e. The summed E-state index contributed by atoms with van der Waals surface area (Å²) in [6.07, 6.45) is 4.25. The van der Waals surface area contributed by atoms with Crippen molar-refractivity contribution in [2.75, 3.05) is 13.1 Å². The molecule has 16 heavy (non-hydrogen) atoms. The standard InChI is InChI=1S/C14H28N2/c1-5-13-6-7-14(12(13)4)16-9-10(2)15-8-11(16)3/h10-15H,5-9H2,1-4H3. The zero-order valence-electron chi connectivity index (χ0n) is 11.4. The molecule has 2 nitrogen and oxygen atoms in total. The summed E-state index contributed by atoms with van der Waals surface area (Å²) in [5, 5.41) is 3.58. The topological polar surface area (TPSA) is 15.3 Å². The predicted molar refractivity (Wildman–Crippen MR) is 69.6 cm³/mol. The lowest BCUT2D eigenvalue weighted by Gasteiger charge is -2.43. The molecule has 0 bridgehead atoms. The molecule has 1 saturated heterocycles. The predicted octanol–water partition coefficient (Wildman–Crippen LogP) is 2.49. The third-order valence-corrected chi connectivity index (χ3v) is 4.95. The van der Waals surface area contributed by atoms with E-state index in [0.29, 0.717) is 6.04 Å². The van der Waals surface area contributed by atoms with E-state index in [1.165, 1.54) is 32.4 Å². The van der Waals surface area contributed by atoms with Crippen LogP contribution in [0.4, 0.5) is 0 Å². The second-order valence-electron chi connectivity index (χ2n) is 6.03. The lowest BCUT2D eigenvalue weighted by atomic mass is 9.91. The van der Waals surface area contributed by atoms with Crippen molar-refractivity contribution in [3.8, 4) is 0 Å². The Hall–Kier alpha value is -0.0800. The number of piperazine rings is 1. The van der Waals surface area contributed by atoms with Gasteiger partial charge in [0.25, 0.3) is 0 Å². The van der Waals surface area contributed by atoms with Gasteiger partial charge in [-0.1, -0.05) is 20.3 Å². The average Bonchev–Trinajstić information content (AvgIpc) is 2.63. The van der Waals surface area contributed by atoms with E-state index in [1.54, 1.807) is 0 Å². The van der Waals surface area contributed by atoms with E-state index >= 15 is 0 Å². The third-order valence-electron chi connectivity index (χ3n) is 4.95. The molecule has 5 atom stereocenters. The van der Waals surface area contributed by atoms with Crippen LogP contribution in [-0.2, 0) is 0 Å². The smallest absolute Gasteiger partial charge is 0.0196 e. The van der Waals surface area contributed by atoms with Crippen LogP contribution < -0.4 is 5.32 Å². The maximum atomic E-state index is 3.58. The molecule has 0 aromatic rings. The number of hydrogen-bond acceptors (Lipinski definition) is 2. The van der Waals surface area contributed by atoms with Gasteiger partial charge in [0.15, 0.2) is 0 Å². The van der Waals surface area contributed by atoms with E-state index in [-0.39, 0.29) is 0 Å². The molecule has 0 radical (unpaired) electrons. The molecule has 1 aliphatic carbocycles. The van der Waals surface area contributed by atoms with Crippen LogP contribution in [0.1, 0.15) is 47.0 Å². The maximum absolute atomic E-state index is 3.58. The zero-order chi connectivity index (χ0) is 11.7. The molecule has 0 amide bonds. The van der Waals surface area contributed by atoms with Crippen LogP contribution in [0.3, 0.4) is 0 Å². The molecule has 1 saturated carbocycles. The molecule has 5 unspecified atom stereocenters. The van der Waals surface area contributed by atoms with Crippen molar-refractivity contribution in [3.05, 3.63) is 0 Å². The van der Waals surface area contributed by atoms with E-state index < -0.39 is 0 Å². The Kier molecular flexibility index (Phi) is 3.91. The van der Waals surface area contributed by atoms with Gasteiger partial charge in [-0.2, -0.15) is 0 Å². The highest BCUT2D eigenvalue weighted by Gasteiger charge is 2.38. The lowest BCUT2D eigenvalue weighted by Crippen LogP contribution is -2.58. The molecule has 1 N–H and O–H groups in total. The molecule has 0 aromatic carbocycles. The van der Waals surface area contributed by atoms with Crippen LogP contribution in [0, 0.1) is 11.8 Å². The van der Waals surface area contributed by atoms with Crippen LogP contribution in [0.2, 0.25) is 0 Å². The molecule has 1 heterocycles. The van der Waals surface area contributed by atoms with Crippen molar-refractivity contribution < 1.29 is 0 Å². The molecule has 2 heteroatoms. The van der Waals surface area contributed by atoms with E-state index in [2.05, 4.69) is 37.9 Å². The summed E-state index contributed by atoms with van der Waals surface area (Å²) in [6, 6.07) is 2.24. The molecule has 2 rings (SSSR count). The molecule has 94 valence electrons. The van der Waals surface area contributed by atoms with Crippen molar-refractivity contribution in [2.24, 2.45) is 11.8 Å². The fraction of sp³-hybridized carbons (Fsp3) is 1.00. The van der Waals surface area contributed by atoms with E-state index in [9.17, 15) is 0 Å². The van der Waals surface area contributed by atoms with Gasteiger partial charge in [-0.15, -0.1) is 0 Å². The number of nitrogens with one attached hydrogen (secondary N) is 1. The molecule has 0 spiro atoms. The molecular weight excluding hydrogens is 196 g/mol. The van der Waals surface area contributed by atoms with E-state index in [0.717, 1.165) is 23.9 Å². The summed E-state index contributed by atoms with van der Waals surface area (Å²) in [4.78, 5) is 2.78. The monoisotopic (exact) mass is 224 g/mol. The first-order chi connectivity index (χ1) is 7.63. The molecule has 2 aliphatic rings. The first-order valence-corrected chi connectivity index (χ1v) is 7.12. The minimum absolute atomic E-state index is 0.670. The van der Waals surface area contributed by atoms with Gasteiger partial charge in [0.2, 0.25) is 0 Å². The third kappa shape index (κ3) is 2.28. The summed E-state index contributed by atoms with van der Waals surface area (Å²) < 4.78 is 0. The van der Waals surface area contributed by atoms with Crippen molar-refractivity contribution in [1.82, 2.24) is 10.2 Å². The van der Waals surface area contributed by atoms with Crippen LogP contribution in [0.25, 0.3) is 0 Å². The zero-order valence-corrected chi connectivity index (χ0v) is 11.4. The van der Waals surface area contributed by atoms with Gasteiger partial charge in [0, 0.05) is 31.2 Å². The summed E-state index contributed by atoms with van der Waals surface area (Å²) in [6.45, 7) is 11.9. The van der Waals surface area contributed by atoms with Crippen LogP contribution in [-0.4, -0.2) is 36.1 Å². The maximum Gasteiger partial charge on any atom is 0.0196 e. The average molecular weight is 224 g/mol. The Morgan fingerprint density at radius 1 is 1.19 bits per heavy atom. The van der Waals surface area contributed by atoms with Crippen LogP contribution in [0.5, 0.6) is 0 Å². The van der Waals surface area contributed by atoms with Crippen LogP contribution in [0.15, 0.2) is 0 Å². The van der Waals surface area contributed by atoms with Gasteiger partial charge in [-0.25, -0.2) is 0 Å². The number of nitrogens with zero attached hydrogens (tertiary/aromatic N) is 1. The Morgan fingerprint density at radius 2 is 1.94 bits per heavy atom. The van der Waals surface area contributed by atoms with Gasteiger partial charge in [0.1, 0.15) is 0 Å². The van der Waals surface area contributed by atoms with Crippen molar-refractivity contribution in [2.45, 2.75) is 65.1 Å². The fourth-order valence-electron chi connectivity index (χ4n) is 3.78. The van der Waals surface area contributed by atoms with Gasteiger partial charge < -0.3 is 5.32 Å². The second-order valence-corrected chi connectivity index (χ2v) is 6.03. The Morgan fingerprint density at radius 3 is 2.56 bits per heavy atom. The van der Waals surface area contributed by atoms with Crippen LogP contribution >= 0.6 is 0 Å². The SMILES string of the molecule is CCC1CCC(N2CC(C)NCC2C)C1C. The number of hydrogen-bond donors (Lipinski definition) is 1. The summed E-state index contributed by atoms with van der Waals surface area (Å²) in [5.41, 5.74) is 0. The molecule has 1 aliphatic heterocycles. The number of rotatable bonds is 2. The molecular formula is C14H28N2. The minimum Gasteiger partial charge on any atom is -0.311 e. The van der Waals surface area contributed by atoms with Gasteiger partial charge >= 0.3 is 0 Å². The highest BCUT2D eigenvalue weighted by molar-refractivity contribution is 4.93. The van der Waals surface area contributed by atoms with Gasteiger partial charge in [-0.05, 0) is 38.5 Å². The van der Waals surface area contributed by atoms with Crippen molar-refractivity contribution in [1.29, 1.82) is 0 Å². The summed E-state index contributed by atoms with van der Waals surface area (Å²) in [5.74, 6) is 1.88. The highest BCUT2D eigenvalue weighted by Crippen LogP contribution is 2.38. The molecule has 2 fully saturated rings. The van der Waals surface area contributed by atoms with Gasteiger partial charge in [0.05, 0.1) is 0 Å². The van der Waals surface area contributed by atoms with Crippen molar-refractivity contribution in [3.63, 3.8) is 0 Å². The minimum atomic E-state index is 0.670. The highest BCUT2D eigenvalue weighted by atomic mass is 15.3. The summed E-state index contributed by atoms with van der Waals surface area (Å²) >= 11 is 0. The Bertz CT molecular complexity index is 229. The molecule has 0 aromatic heterocycles. The van der Waals surface area contributed by atoms with E-state index in [1.807, 2.05) is 0 Å². The van der Waals surface area contributed by atoms with E-state index in [4.69, 9.17) is 0 Å². The summed E-state index contributed by atoms with van der Waals surface area (Å²) in [7, 11) is 0. The lowest BCUT2D eigenvalue weighted by molar-refractivity contribution is 0.0717. The van der Waals surface area contributed by atoms with Gasteiger partial charge in [-0.3, -0.25) is 4.90 Å². The van der Waals surface area contributed by atoms with Crippen molar-refractivity contribution >= 4 is 0 Å².